The van der Waals surface area contributed by atoms with Crippen molar-refractivity contribution in [2.24, 2.45) is 0 Å². The minimum atomic E-state index is -0.127. The lowest BCUT2D eigenvalue weighted by atomic mass is 10.2. The van der Waals surface area contributed by atoms with E-state index in [1.807, 2.05) is 25.1 Å². The third-order valence-electron chi connectivity index (χ3n) is 2.41. The molecule has 0 aliphatic heterocycles. The van der Waals surface area contributed by atoms with Crippen molar-refractivity contribution in [3.05, 3.63) is 51.8 Å². The molecule has 1 heterocycles. The van der Waals surface area contributed by atoms with E-state index in [1.54, 1.807) is 12.3 Å². The zero-order valence-electron chi connectivity index (χ0n) is 9.24. The first-order chi connectivity index (χ1) is 8.18. The number of benzene rings is 1. The molecule has 0 aliphatic rings. The van der Waals surface area contributed by atoms with E-state index in [0.717, 1.165) is 15.8 Å². The van der Waals surface area contributed by atoms with Crippen LogP contribution in [0.1, 0.15) is 21.7 Å². The van der Waals surface area contributed by atoms with Crippen molar-refractivity contribution in [2.75, 3.05) is 0 Å². The van der Waals surface area contributed by atoms with Crippen LogP contribution in [0, 0.1) is 6.92 Å². The van der Waals surface area contributed by atoms with Gasteiger partial charge in [-0.1, -0.05) is 17.3 Å². The van der Waals surface area contributed by atoms with Gasteiger partial charge in [0, 0.05) is 16.6 Å². The van der Waals surface area contributed by atoms with Gasteiger partial charge >= 0.3 is 0 Å². The molecule has 1 N–H and O–H groups in total. The van der Waals surface area contributed by atoms with Crippen molar-refractivity contribution in [3.8, 4) is 0 Å². The molecule has 0 unspecified atom stereocenters. The molecule has 0 bridgehead atoms. The topological polar surface area (TPSA) is 55.1 Å². The van der Waals surface area contributed by atoms with Gasteiger partial charge in [-0.3, -0.25) is 4.79 Å². The molecule has 5 heteroatoms. The standard InChI is InChI=1S/C12H11BrN2O2/c1-8-9(7-15-17-8)6-14-12(16)10-4-2-3-5-11(10)13/h2-5,7H,6H2,1H3,(H,14,16). The number of amides is 1. The number of rotatable bonds is 3. The summed E-state index contributed by atoms with van der Waals surface area (Å²) in [5.74, 6) is 0.593. The van der Waals surface area contributed by atoms with Crippen LogP contribution in [0.5, 0.6) is 0 Å². The summed E-state index contributed by atoms with van der Waals surface area (Å²) in [6, 6.07) is 7.29. The monoisotopic (exact) mass is 294 g/mol. The number of halogens is 1. The van der Waals surface area contributed by atoms with Crippen LogP contribution in [0.25, 0.3) is 0 Å². The molecule has 4 nitrogen and oxygen atoms in total. The Bertz CT molecular complexity index is 537. The predicted molar refractivity (Wildman–Crippen MR) is 66.6 cm³/mol. The van der Waals surface area contributed by atoms with Crippen LogP contribution in [0.2, 0.25) is 0 Å². The SMILES string of the molecule is Cc1oncc1CNC(=O)c1ccccc1Br. The molecule has 0 saturated heterocycles. The van der Waals surface area contributed by atoms with E-state index in [9.17, 15) is 4.79 Å². The van der Waals surface area contributed by atoms with Gasteiger partial charge in [0.15, 0.2) is 0 Å². The van der Waals surface area contributed by atoms with Gasteiger partial charge in [0.1, 0.15) is 5.76 Å². The maximum absolute atomic E-state index is 11.9. The third-order valence-corrected chi connectivity index (χ3v) is 3.10. The van der Waals surface area contributed by atoms with Gasteiger partial charge in [-0.15, -0.1) is 0 Å². The molecular weight excluding hydrogens is 284 g/mol. The van der Waals surface area contributed by atoms with E-state index in [2.05, 4.69) is 26.4 Å². The van der Waals surface area contributed by atoms with Crippen molar-refractivity contribution < 1.29 is 9.32 Å². The van der Waals surface area contributed by atoms with Crippen molar-refractivity contribution in [2.45, 2.75) is 13.5 Å². The van der Waals surface area contributed by atoms with Gasteiger partial charge in [0.25, 0.3) is 5.91 Å². The van der Waals surface area contributed by atoms with E-state index < -0.39 is 0 Å². The van der Waals surface area contributed by atoms with Gasteiger partial charge in [-0.25, -0.2) is 0 Å². The number of carbonyl (C=O) groups excluding carboxylic acids is 1. The Morgan fingerprint density at radius 3 is 2.88 bits per heavy atom. The van der Waals surface area contributed by atoms with Crippen molar-refractivity contribution in [3.63, 3.8) is 0 Å². The Labute approximate surface area is 107 Å². The van der Waals surface area contributed by atoms with Crippen molar-refractivity contribution in [1.82, 2.24) is 10.5 Å². The molecule has 0 fully saturated rings. The Balaban J connectivity index is 2.04. The Kier molecular flexibility index (Phi) is 3.58. The van der Waals surface area contributed by atoms with E-state index in [0.29, 0.717) is 12.1 Å². The van der Waals surface area contributed by atoms with Gasteiger partial charge in [-0.05, 0) is 35.0 Å². The molecule has 0 saturated carbocycles. The van der Waals surface area contributed by atoms with E-state index in [1.165, 1.54) is 0 Å². The molecule has 2 aromatic rings. The number of aromatic nitrogens is 1. The fraction of sp³-hybridized carbons (Fsp3) is 0.167. The highest BCUT2D eigenvalue weighted by atomic mass is 79.9. The molecule has 0 aliphatic carbocycles. The van der Waals surface area contributed by atoms with E-state index >= 15 is 0 Å². The molecule has 1 aromatic heterocycles. The lowest BCUT2D eigenvalue weighted by Crippen LogP contribution is -2.23. The molecule has 88 valence electrons. The first kappa shape index (κ1) is 11.9. The van der Waals surface area contributed by atoms with Crippen molar-refractivity contribution in [1.29, 1.82) is 0 Å². The fourth-order valence-electron chi connectivity index (χ4n) is 1.40. The maximum Gasteiger partial charge on any atom is 0.252 e. The lowest BCUT2D eigenvalue weighted by molar-refractivity contribution is 0.0950. The first-order valence-electron chi connectivity index (χ1n) is 5.11. The fourth-order valence-corrected chi connectivity index (χ4v) is 1.87. The molecule has 1 aromatic carbocycles. The number of carbonyl (C=O) groups is 1. The average molecular weight is 295 g/mol. The Morgan fingerprint density at radius 1 is 1.47 bits per heavy atom. The lowest BCUT2D eigenvalue weighted by Gasteiger charge is -2.05. The van der Waals surface area contributed by atoms with Crippen molar-refractivity contribution >= 4 is 21.8 Å². The highest BCUT2D eigenvalue weighted by Gasteiger charge is 2.10. The zero-order chi connectivity index (χ0) is 12.3. The highest BCUT2D eigenvalue weighted by molar-refractivity contribution is 9.10. The predicted octanol–water partition coefficient (Wildman–Crippen LogP) is 2.68. The van der Waals surface area contributed by atoms with Crippen LogP contribution in [0.3, 0.4) is 0 Å². The largest absolute Gasteiger partial charge is 0.361 e. The summed E-state index contributed by atoms with van der Waals surface area (Å²) in [6.45, 7) is 2.22. The molecule has 0 radical (unpaired) electrons. The van der Waals surface area contributed by atoms with Crippen LogP contribution < -0.4 is 5.32 Å². The van der Waals surface area contributed by atoms with Crippen LogP contribution >= 0.6 is 15.9 Å². The average Bonchev–Trinajstić information content (AvgIpc) is 2.72. The second kappa shape index (κ2) is 5.14. The summed E-state index contributed by atoms with van der Waals surface area (Å²) < 4.78 is 5.69. The number of hydrogen-bond acceptors (Lipinski definition) is 3. The summed E-state index contributed by atoms with van der Waals surface area (Å²) in [6.07, 6.45) is 1.61. The van der Waals surface area contributed by atoms with Crippen LogP contribution in [-0.2, 0) is 6.54 Å². The molecule has 0 spiro atoms. The number of nitrogens with zero attached hydrogens (tertiary/aromatic N) is 1. The highest BCUT2D eigenvalue weighted by Crippen LogP contribution is 2.15. The van der Waals surface area contributed by atoms with E-state index in [-0.39, 0.29) is 5.91 Å². The minimum absolute atomic E-state index is 0.127. The summed E-state index contributed by atoms with van der Waals surface area (Å²) >= 11 is 3.34. The summed E-state index contributed by atoms with van der Waals surface area (Å²) in [7, 11) is 0. The zero-order valence-corrected chi connectivity index (χ0v) is 10.8. The van der Waals surface area contributed by atoms with Crippen LogP contribution in [0.15, 0.2) is 39.5 Å². The van der Waals surface area contributed by atoms with E-state index in [4.69, 9.17) is 4.52 Å². The minimum Gasteiger partial charge on any atom is -0.361 e. The number of hydrogen-bond donors (Lipinski definition) is 1. The third kappa shape index (κ3) is 2.74. The van der Waals surface area contributed by atoms with Gasteiger partial charge in [-0.2, -0.15) is 0 Å². The number of aryl methyl sites for hydroxylation is 1. The Hall–Kier alpha value is -1.62. The van der Waals surface area contributed by atoms with Gasteiger partial charge in [0.2, 0.25) is 0 Å². The Morgan fingerprint density at radius 2 is 2.24 bits per heavy atom. The van der Waals surface area contributed by atoms with Crippen LogP contribution in [0.4, 0.5) is 0 Å². The second-order valence-electron chi connectivity index (χ2n) is 3.57. The molecule has 2 rings (SSSR count). The molecule has 0 atom stereocenters. The smallest absolute Gasteiger partial charge is 0.252 e. The van der Waals surface area contributed by atoms with Gasteiger partial charge in [0.05, 0.1) is 11.8 Å². The summed E-state index contributed by atoms with van der Waals surface area (Å²) in [5.41, 5.74) is 1.49. The number of nitrogens with one attached hydrogen (secondary N) is 1. The summed E-state index contributed by atoms with van der Waals surface area (Å²) in [5, 5.41) is 6.47. The van der Waals surface area contributed by atoms with Gasteiger partial charge < -0.3 is 9.84 Å². The normalized spacial score (nSPS) is 10.2. The molecular formula is C12H11BrN2O2. The quantitative estimate of drug-likeness (QED) is 0.947. The maximum atomic E-state index is 11.9. The molecule has 17 heavy (non-hydrogen) atoms. The molecule has 1 amide bonds. The van der Waals surface area contributed by atoms with Crippen LogP contribution in [-0.4, -0.2) is 11.1 Å². The first-order valence-corrected chi connectivity index (χ1v) is 5.90. The summed E-state index contributed by atoms with van der Waals surface area (Å²) in [4.78, 5) is 11.9. The second-order valence-corrected chi connectivity index (χ2v) is 4.42.